The first-order chi connectivity index (χ1) is 11.2. The number of unbranched alkanes of at least 4 members (excludes halogenated alkanes) is 2. The zero-order valence-electron chi connectivity index (χ0n) is 15.2. The zero-order chi connectivity index (χ0) is 16.5. The number of hydrogen-bond acceptors (Lipinski definition) is 1. The van der Waals surface area contributed by atoms with E-state index >= 15 is 0 Å². The van der Waals surface area contributed by atoms with Crippen LogP contribution in [0.5, 0.6) is 0 Å². The van der Waals surface area contributed by atoms with Crippen molar-refractivity contribution in [1.29, 1.82) is 0 Å². The Morgan fingerprint density at radius 2 is 1.57 bits per heavy atom. The van der Waals surface area contributed by atoms with Gasteiger partial charge in [-0.25, -0.2) is 0 Å². The van der Waals surface area contributed by atoms with Gasteiger partial charge in [-0.3, -0.25) is 4.79 Å². The molecular formula is C22H34O. The molecule has 1 aliphatic rings. The second-order valence-electron chi connectivity index (χ2n) is 7.46. The predicted molar refractivity (Wildman–Crippen MR) is 99.0 cm³/mol. The molecular weight excluding hydrogens is 280 g/mol. The minimum absolute atomic E-state index is 0.350. The SMILES string of the molecule is CCCCC[C@H]1CC[C@H](CC(=O)c2ccc(CCC)cc2)CC1. The lowest BCUT2D eigenvalue weighted by atomic mass is 9.77. The van der Waals surface area contributed by atoms with Crippen molar-refractivity contribution in [3.05, 3.63) is 35.4 Å². The highest BCUT2D eigenvalue weighted by molar-refractivity contribution is 5.96. The van der Waals surface area contributed by atoms with Crippen LogP contribution in [0.2, 0.25) is 0 Å². The van der Waals surface area contributed by atoms with Crippen molar-refractivity contribution in [2.75, 3.05) is 0 Å². The van der Waals surface area contributed by atoms with Gasteiger partial charge in [0.15, 0.2) is 5.78 Å². The van der Waals surface area contributed by atoms with E-state index in [-0.39, 0.29) is 0 Å². The van der Waals surface area contributed by atoms with Gasteiger partial charge in [0.1, 0.15) is 0 Å². The summed E-state index contributed by atoms with van der Waals surface area (Å²) in [5.41, 5.74) is 2.26. The molecule has 0 aromatic heterocycles. The summed E-state index contributed by atoms with van der Waals surface area (Å²) in [5.74, 6) is 1.91. The molecule has 1 nitrogen and oxygen atoms in total. The van der Waals surface area contributed by atoms with Gasteiger partial charge in [0.25, 0.3) is 0 Å². The molecule has 0 heterocycles. The number of benzene rings is 1. The predicted octanol–water partition coefficient (Wildman–Crippen LogP) is 6.60. The molecule has 0 unspecified atom stereocenters. The van der Waals surface area contributed by atoms with Crippen LogP contribution in [0, 0.1) is 11.8 Å². The van der Waals surface area contributed by atoms with Crippen molar-refractivity contribution in [3.63, 3.8) is 0 Å². The van der Waals surface area contributed by atoms with Crippen LogP contribution in [-0.4, -0.2) is 5.78 Å². The summed E-state index contributed by atoms with van der Waals surface area (Å²) in [6.45, 7) is 4.47. The Kier molecular flexibility index (Phi) is 7.85. The molecule has 1 aromatic carbocycles. The van der Waals surface area contributed by atoms with Gasteiger partial charge in [-0.15, -0.1) is 0 Å². The summed E-state index contributed by atoms with van der Waals surface area (Å²) in [4.78, 5) is 12.5. The fourth-order valence-corrected chi connectivity index (χ4v) is 3.93. The molecule has 0 bridgehead atoms. The van der Waals surface area contributed by atoms with Gasteiger partial charge < -0.3 is 0 Å². The van der Waals surface area contributed by atoms with Crippen LogP contribution in [0.4, 0.5) is 0 Å². The number of hydrogen-bond donors (Lipinski definition) is 0. The van der Waals surface area contributed by atoms with E-state index in [1.165, 1.54) is 56.9 Å². The second kappa shape index (κ2) is 9.90. The average molecular weight is 315 g/mol. The fourth-order valence-electron chi connectivity index (χ4n) is 3.93. The number of carbonyl (C=O) groups is 1. The van der Waals surface area contributed by atoms with Gasteiger partial charge in [0, 0.05) is 12.0 Å². The summed E-state index contributed by atoms with van der Waals surface area (Å²) in [6.07, 6.45) is 13.7. The molecule has 2 rings (SSSR count). The van der Waals surface area contributed by atoms with Crippen molar-refractivity contribution < 1.29 is 4.79 Å². The Morgan fingerprint density at radius 3 is 2.17 bits per heavy atom. The molecule has 0 radical (unpaired) electrons. The minimum Gasteiger partial charge on any atom is -0.294 e. The quantitative estimate of drug-likeness (QED) is 0.371. The maximum atomic E-state index is 12.5. The fraction of sp³-hybridized carbons (Fsp3) is 0.682. The van der Waals surface area contributed by atoms with E-state index in [1.807, 2.05) is 12.1 Å². The third-order valence-electron chi connectivity index (χ3n) is 5.47. The van der Waals surface area contributed by atoms with Crippen LogP contribution in [0.25, 0.3) is 0 Å². The number of rotatable bonds is 9. The van der Waals surface area contributed by atoms with Crippen molar-refractivity contribution in [3.8, 4) is 0 Å². The van der Waals surface area contributed by atoms with Crippen molar-refractivity contribution >= 4 is 5.78 Å². The molecule has 1 aromatic rings. The van der Waals surface area contributed by atoms with Crippen LogP contribution in [0.3, 0.4) is 0 Å². The van der Waals surface area contributed by atoms with Crippen molar-refractivity contribution in [2.45, 2.75) is 84.5 Å². The van der Waals surface area contributed by atoms with Gasteiger partial charge in [0.05, 0.1) is 0 Å². The number of aryl methyl sites for hydroxylation is 1. The van der Waals surface area contributed by atoms with E-state index in [2.05, 4.69) is 26.0 Å². The van der Waals surface area contributed by atoms with Crippen LogP contribution in [0.1, 0.15) is 94.0 Å². The molecule has 128 valence electrons. The number of carbonyl (C=O) groups excluding carboxylic acids is 1. The molecule has 0 aliphatic heterocycles. The van der Waals surface area contributed by atoms with E-state index < -0.39 is 0 Å². The molecule has 1 aliphatic carbocycles. The third-order valence-corrected chi connectivity index (χ3v) is 5.47. The molecule has 0 spiro atoms. The van der Waals surface area contributed by atoms with Crippen LogP contribution >= 0.6 is 0 Å². The Labute approximate surface area is 142 Å². The summed E-state index contributed by atoms with van der Waals surface area (Å²) in [5, 5.41) is 0. The molecule has 0 saturated heterocycles. The molecule has 23 heavy (non-hydrogen) atoms. The van der Waals surface area contributed by atoms with Gasteiger partial charge in [0.2, 0.25) is 0 Å². The van der Waals surface area contributed by atoms with Crippen LogP contribution in [-0.2, 0) is 6.42 Å². The molecule has 0 atom stereocenters. The standard InChI is InChI=1S/C22H34O/c1-3-5-6-8-19-9-11-20(12-10-19)17-22(23)21-15-13-18(7-4-2)14-16-21/h13-16,19-20H,3-12,17H2,1-2H3/t19-,20-. The van der Waals surface area contributed by atoms with E-state index in [4.69, 9.17) is 0 Å². The Morgan fingerprint density at radius 1 is 0.913 bits per heavy atom. The lowest BCUT2D eigenvalue weighted by Gasteiger charge is -2.28. The summed E-state index contributed by atoms with van der Waals surface area (Å²) in [6, 6.07) is 8.32. The molecule has 0 N–H and O–H groups in total. The normalized spacial score (nSPS) is 21.3. The van der Waals surface area contributed by atoms with Crippen molar-refractivity contribution in [1.82, 2.24) is 0 Å². The topological polar surface area (TPSA) is 17.1 Å². The third kappa shape index (κ3) is 6.12. The van der Waals surface area contributed by atoms with E-state index in [0.29, 0.717) is 11.7 Å². The van der Waals surface area contributed by atoms with E-state index in [1.54, 1.807) is 0 Å². The van der Waals surface area contributed by atoms with Crippen LogP contribution < -0.4 is 0 Å². The monoisotopic (exact) mass is 314 g/mol. The van der Waals surface area contributed by atoms with Gasteiger partial charge >= 0.3 is 0 Å². The van der Waals surface area contributed by atoms with E-state index in [9.17, 15) is 4.79 Å². The second-order valence-corrected chi connectivity index (χ2v) is 7.46. The zero-order valence-corrected chi connectivity index (χ0v) is 15.2. The molecule has 1 fully saturated rings. The lowest BCUT2D eigenvalue weighted by molar-refractivity contribution is 0.0941. The highest BCUT2D eigenvalue weighted by Gasteiger charge is 2.23. The minimum atomic E-state index is 0.350. The smallest absolute Gasteiger partial charge is 0.163 e. The largest absolute Gasteiger partial charge is 0.294 e. The maximum absolute atomic E-state index is 12.5. The molecule has 1 saturated carbocycles. The highest BCUT2D eigenvalue weighted by atomic mass is 16.1. The highest BCUT2D eigenvalue weighted by Crippen LogP contribution is 2.34. The van der Waals surface area contributed by atoms with Gasteiger partial charge in [-0.1, -0.05) is 83.1 Å². The summed E-state index contributed by atoms with van der Waals surface area (Å²) >= 11 is 0. The molecule has 1 heteroatoms. The maximum Gasteiger partial charge on any atom is 0.163 e. The lowest BCUT2D eigenvalue weighted by Crippen LogP contribution is -2.17. The van der Waals surface area contributed by atoms with E-state index in [0.717, 1.165) is 30.7 Å². The summed E-state index contributed by atoms with van der Waals surface area (Å²) in [7, 11) is 0. The number of ketones is 1. The first-order valence-electron chi connectivity index (χ1n) is 9.85. The Hall–Kier alpha value is -1.11. The van der Waals surface area contributed by atoms with Gasteiger partial charge in [-0.05, 0) is 36.7 Å². The first kappa shape index (κ1) is 18.2. The van der Waals surface area contributed by atoms with Gasteiger partial charge in [-0.2, -0.15) is 0 Å². The Balaban J connectivity index is 1.74. The van der Waals surface area contributed by atoms with Crippen molar-refractivity contribution in [2.24, 2.45) is 11.8 Å². The number of Topliss-reactive ketones (excluding diaryl/α,β-unsaturated/α-hetero) is 1. The van der Waals surface area contributed by atoms with Crippen LogP contribution in [0.15, 0.2) is 24.3 Å². The first-order valence-corrected chi connectivity index (χ1v) is 9.85. The summed E-state index contributed by atoms with van der Waals surface area (Å²) < 4.78 is 0. The Bertz CT molecular complexity index is 451. The average Bonchev–Trinajstić information content (AvgIpc) is 2.57. The molecule has 0 amide bonds.